The Kier molecular flexibility index (Phi) is 6.75. The van der Waals surface area contributed by atoms with Crippen LogP contribution in [0.4, 0.5) is 5.69 Å². The van der Waals surface area contributed by atoms with Crippen LogP contribution in [0.5, 0.6) is 5.75 Å². The molecule has 3 rings (SSSR count). The Balaban J connectivity index is 2.04. The van der Waals surface area contributed by atoms with E-state index >= 15 is 0 Å². The summed E-state index contributed by atoms with van der Waals surface area (Å²) in [6.07, 6.45) is 1.24. The van der Waals surface area contributed by atoms with Gasteiger partial charge in [0.25, 0.3) is 5.56 Å². The van der Waals surface area contributed by atoms with E-state index in [1.54, 1.807) is 32.0 Å². The number of fused-ring (bicyclic) bond motifs is 1. The summed E-state index contributed by atoms with van der Waals surface area (Å²) in [4.78, 5) is 39.6. The van der Waals surface area contributed by atoms with Gasteiger partial charge < -0.3 is 9.47 Å². The summed E-state index contributed by atoms with van der Waals surface area (Å²) in [5, 5.41) is 15.9. The second-order valence-electron chi connectivity index (χ2n) is 6.23. The van der Waals surface area contributed by atoms with Gasteiger partial charge in [0.2, 0.25) is 5.75 Å². The SMILES string of the molecule is CCOC(=O)COc1c(C=Nn2c(C)nc3ccc(Br)cc3c2=O)cccc1[N+](=O)[O-]. The zero-order chi connectivity index (χ0) is 22.5. The number of carbonyl (C=O) groups excluding carboxylic acids is 1. The van der Waals surface area contributed by atoms with Crippen molar-refractivity contribution in [3.05, 3.63) is 72.7 Å². The molecule has 0 radical (unpaired) electrons. The average molecular weight is 489 g/mol. The molecule has 0 aliphatic carbocycles. The molecule has 0 aliphatic heterocycles. The summed E-state index contributed by atoms with van der Waals surface area (Å²) in [6.45, 7) is 2.90. The van der Waals surface area contributed by atoms with Crippen LogP contribution in [0, 0.1) is 17.0 Å². The topological polar surface area (TPSA) is 126 Å². The van der Waals surface area contributed by atoms with Crippen molar-refractivity contribution in [1.82, 2.24) is 9.66 Å². The number of para-hydroxylation sites is 1. The first kappa shape index (κ1) is 22.1. The molecule has 1 aromatic heterocycles. The van der Waals surface area contributed by atoms with Gasteiger partial charge in [0.15, 0.2) is 6.61 Å². The molecule has 160 valence electrons. The summed E-state index contributed by atoms with van der Waals surface area (Å²) in [5.41, 5.74) is -0.0255. The predicted molar refractivity (Wildman–Crippen MR) is 117 cm³/mol. The lowest BCUT2D eigenvalue weighted by atomic mass is 10.2. The smallest absolute Gasteiger partial charge is 0.344 e. The second-order valence-corrected chi connectivity index (χ2v) is 7.14. The van der Waals surface area contributed by atoms with Crippen molar-refractivity contribution in [3.63, 3.8) is 0 Å². The number of benzene rings is 2. The van der Waals surface area contributed by atoms with Crippen LogP contribution >= 0.6 is 15.9 Å². The third kappa shape index (κ3) is 4.94. The van der Waals surface area contributed by atoms with Gasteiger partial charge in [0.05, 0.1) is 28.6 Å². The maximum absolute atomic E-state index is 12.9. The van der Waals surface area contributed by atoms with E-state index in [1.165, 1.54) is 24.4 Å². The highest BCUT2D eigenvalue weighted by Crippen LogP contribution is 2.30. The number of halogens is 1. The Morgan fingerprint density at radius 1 is 1.35 bits per heavy atom. The lowest BCUT2D eigenvalue weighted by Crippen LogP contribution is -2.21. The number of rotatable bonds is 7. The van der Waals surface area contributed by atoms with Crippen LogP contribution < -0.4 is 10.3 Å². The van der Waals surface area contributed by atoms with E-state index in [-0.39, 0.29) is 23.6 Å². The number of hydrogen-bond acceptors (Lipinski definition) is 8. The van der Waals surface area contributed by atoms with Crippen molar-refractivity contribution < 1.29 is 19.2 Å². The summed E-state index contributed by atoms with van der Waals surface area (Å²) in [7, 11) is 0. The third-order valence-corrected chi connectivity index (χ3v) is 4.64. The van der Waals surface area contributed by atoms with Gasteiger partial charge in [0.1, 0.15) is 5.82 Å². The van der Waals surface area contributed by atoms with Gasteiger partial charge in [-0.1, -0.05) is 22.0 Å². The van der Waals surface area contributed by atoms with Crippen LogP contribution in [-0.4, -0.2) is 40.0 Å². The van der Waals surface area contributed by atoms with Gasteiger partial charge in [-0.15, -0.1) is 0 Å². The number of nitro benzene ring substituents is 1. The molecule has 3 aromatic rings. The van der Waals surface area contributed by atoms with E-state index in [0.717, 1.165) is 4.68 Å². The Morgan fingerprint density at radius 3 is 2.84 bits per heavy atom. The number of esters is 1. The van der Waals surface area contributed by atoms with Crippen LogP contribution in [0.3, 0.4) is 0 Å². The van der Waals surface area contributed by atoms with Crippen molar-refractivity contribution in [1.29, 1.82) is 0 Å². The second kappa shape index (κ2) is 9.47. The third-order valence-electron chi connectivity index (χ3n) is 4.14. The highest BCUT2D eigenvalue weighted by atomic mass is 79.9. The lowest BCUT2D eigenvalue weighted by molar-refractivity contribution is -0.385. The van der Waals surface area contributed by atoms with Gasteiger partial charge >= 0.3 is 11.7 Å². The van der Waals surface area contributed by atoms with Crippen LogP contribution in [0.25, 0.3) is 10.9 Å². The van der Waals surface area contributed by atoms with Crippen molar-refractivity contribution in [2.45, 2.75) is 13.8 Å². The standard InChI is InChI=1S/C20H17BrN4O6/c1-3-30-18(26)11-31-19-13(5-4-6-17(19)25(28)29)10-22-24-12(2)23-16-8-7-14(21)9-15(16)20(24)27/h4-10H,3,11H2,1-2H3. The monoisotopic (exact) mass is 488 g/mol. The first-order valence-electron chi connectivity index (χ1n) is 9.11. The number of nitro groups is 1. The maximum atomic E-state index is 12.9. The molecule has 0 unspecified atom stereocenters. The van der Waals surface area contributed by atoms with E-state index in [1.807, 2.05) is 0 Å². The van der Waals surface area contributed by atoms with Crippen LogP contribution in [0.2, 0.25) is 0 Å². The quantitative estimate of drug-likeness (QED) is 0.216. The zero-order valence-electron chi connectivity index (χ0n) is 16.6. The average Bonchev–Trinajstić information content (AvgIpc) is 2.73. The highest BCUT2D eigenvalue weighted by molar-refractivity contribution is 9.10. The zero-order valence-corrected chi connectivity index (χ0v) is 18.2. The number of carbonyl (C=O) groups is 1. The molecule has 0 spiro atoms. The number of nitrogens with zero attached hydrogens (tertiary/aromatic N) is 4. The minimum absolute atomic E-state index is 0.153. The summed E-state index contributed by atoms with van der Waals surface area (Å²) in [6, 6.07) is 9.33. The molecule has 10 nitrogen and oxygen atoms in total. The molecule has 0 atom stereocenters. The number of ether oxygens (including phenoxy) is 2. The molecule has 0 fully saturated rings. The molecule has 0 N–H and O–H groups in total. The van der Waals surface area contributed by atoms with Crippen molar-refractivity contribution in [2.75, 3.05) is 13.2 Å². The van der Waals surface area contributed by atoms with E-state index in [4.69, 9.17) is 9.47 Å². The lowest BCUT2D eigenvalue weighted by Gasteiger charge is -2.09. The highest BCUT2D eigenvalue weighted by Gasteiger charge is 2.20. The molecule has 31 heavy (non-hydrogen) atoms. The minimum Gasteiger partial charge on any atom is -0.474 e. The minimum atomic E-state index is -0.667. The van der Waals surface area contributed by atoms with Crippen LogP contribution in [0.15, 0.2) is 50.8 Å². The van der Waals surface area contributed by atoms with E-state index in [2.05, 4.69) is 26.0 Å². The molecular weight excluding hydrogens is 472 g/mol. The van der Waals surface area contributed by atoms with E-state index < -0.39 is 23.1 Å². The molecule has 0 saturated carbocycles. The molecule has 0 amide bonds. The van der Waals surface area contributed by atoms with E-state index in [9.17, 15) is 19.7 Å². The Labute approximate surface area is 184 Å². The number of hydrogen-bond donors (Lipinski definition) is 0. The first-order chi connectivity index (χ1) is 14.8. The number of aryl methyl sites for hydroxylation is 1. The normalized spacial score (nSPS) is 11.1. The fraction of sp³-hybridized carbons (Fsp3) is 0.200. The summed E-state index contributed by atoms with van der Waals surface area (Å²) < 4.78 is 12.0. The van der Waals surface area contributed by atoms with E-state index in [0.29, 0.717) is 21.2 Å². The Morgan fingerprint density at radius 2 is 2.13 bits per heavy atom. The van der Waals surface area contributed by atoms with Gasteiger partial charge in [-0.3, -0.25) is 14.9 Å². The molecule has 0 saturated heterocycles. The predicted octanol–water partition coefficient (Wildman–Crippen LogP) is 3.20. The van der Waals surface area contributed by atoms with Crippen LogP contribution in [0.1, 0.15) is 18.3 Å². The number of aromatic nitrogens is 2. The molecule has 11 heteroatoms. The maximum Gasteiger partial charge on any atom is 0.344 e. The molecule has 2 aromatic carbocycles. The first-order valence-corrected chi connectivity index (χ1v) is 9.90. The summed E-state index contributed by atoms with van der Waals surface area (Å²) >= 11 is 3.32. The Bertz CT molecular complexity index is 1250. The molecular formula is C20H17BrN4O6. The molecule has 1 heterocycles. The molecule has 0 aliphatic rings. The fourth-order valence-corrected chi connectivity index (χ4v) is 3.16. The van der Waals surface area contributed by atoms with Crippen molar-refractivity contribution >= 4 is 44.7 Å². The molecule has 0 bridgehead atoms. The Hall–Kier alpha value is -3.60. The van der Waals surface area contributed by atoms with Gasteiger partial charge in [-0.2, -0.15) is 9.78 Å². The largest absolute Gasteiger partial charge is 0.474 e. The van der Waals surface area contributed by atoms with Crippen LogP contribution in [-0.2, 0) is 9.53 Å². The van der Waals surface area contributed by atoms with Gasteiger partial charge in [-0.25, -0.2) is 9.78 Å². The van der Waals surface area contributed by atoms with Crippen molar-refractivity contribution in [3.8, 4) is 5.75 Å². The van der Waals surface area contributed by atoms with Gasteiger partial charge in [0, 0.05) is 16.1 Å². The summed E-state index contributed by atoms with van der Waals surface area (Å²) in [5.74, 6) is -0.498. The van der Waals surface area contributed by atoms with Crippen molar-refractivity contribution in [2.24, 2.45) is 5.10 Å². The fourth-order valence-electron chi connectivity index (χ4n) is 2.79. The van der Waals surface area contributed by atoms with Gasteiger partial charge in [-0.05, 0) is 38.1 Å².